The van der Waals surface area contributed by atoms with Crippen LogP contribution in [0.4, 0.5) is 0 Å². The normalized spacial score (nSPS) is 15.8. The Morgan fingerprint density at radius 3 is 2.08 bits per heavy atom. The molecular formula is C57H48N2O2. The number of benzene rings is 5. The second-order valence-electron chi connectivity index (χ2n) is 15.2. The van der Waals surface area contributed by atoms with Crippen LogP contribution in [0.5, 0.6) is 5.75 Å². The van der Waals surface area contributed by atoms with Gasteiger partial charge in [-0.3, -0.25) is 0 Å². The molecule has 3 aromatic heterocycles. The Kier molecular flexibility index (Phi) is 10.8. The molecule has 9 rings (SSSR count). The maximum absolute atomic E-state index is 6.48. The molecule has 5 aromatic carbocycles. The van der Waals surface area contributed by atoms with Crippen LogP contribution in [0.2, 0.25) is 0 Å². The van der Waals surface area contributed by atoms with Crippen LogP contribution in [-0.2, 0) is 0 Å². The van der Waals surface area contributed by atoms with Crippen molar-refractivity contribution in [2.24, 2.45) is 0 Å². The number of allylic oxidation sites excluding steroid dienone is 13. The number of ether oxygens (including phenoxy) is 1. The van der Waals surface area contributed by atoms with E-state index >= 15 is 0 Å². The number of aromatic nitrogens is 2. The third kappa shape index (κ3) is 7.17. The number of rotatable bonds is 10. The zero-order valence-corrected chi connectivity index (χ0v) is 34.9. The number of hydrogen-bond acceptors (Lipinski definition) is 2. The quantitative estimate of drug-likeness (QED) is 0.129. The SMILES string of the molecule is C=C/C=C(\C=C/C)n1c2c(c3cc(-c4ccc(OCCC)c(C(=C)c5c(C)oc6ccc(-n7c8ccccc8c8ccccc87)cc56)c4)ccc31)/C=C/C=C/C=C\C=C/C=C\2. The Hall–Kier alpha value is -7.56. The lowest BCUT2D eigenvalue weighted by Gasteiger charge is -2.16. The summed E-state index contributed by atoms with van der Waals surface area (Å²) >= 11 is 0. The smallest absolute Gasteiger partial charge is 0.135 e. The number of fused-ring (bicyclic) bond motifs is 7. The molecule has 4 heteroatoms. The van der Waals surface area contributed by atoms with Crippen LogP contribution in [0.15, 0.2) is 194 Å². The minimum absolute atomic E-state index is 0.598. The molecule has 0 saturated heterocycles. The third-order valence-electron chi connectivity index (χ3n) is 11.3. The van der Waals surface area contributed by atoms with Crippen LogP contribution < -0.4 is 4.74 Å². The van der Waals surface area contributed by atoms with Crippen molar-refractivity contribution in [3.63, 3.8) is 0 Å². The van der Waals surface area contributed by atoms with E-state index in [0.717, 1.165) is 101 Å². The number of nitrogens with zero attached hydrogens (tertiary/aromatic N) is 2. The van der Waals surface area contributed by atoms with Crippen LogP contribution >= 0.6 is 0 Å². The van der Waals surface area contributed by atoms with Crippen molar-refractivity contribution in [1.29, 1.82) is 0 Å². The standard InChI is InChI=1S/C57H48N2O2/c1-6-21-43(22-7-2)58-53-26-16-14-12-10-9-11-13-15-23-47(53)49-37-41(29-32-54(49)58)42-30-33-55(60-35-8-3)48(36-42)39(4)57-40(5)61-56-34-31-44(38-50(56)57)59-51-27-19-17-24-45(51)46-25-18-20-28-52(46)59/h6-7,9-34,36-38H,1,4,8,35H2,2-3,5H3/b10-9-,11-9?,12-10?,13-11+,14-12-,15-13?,16-14?,22-7-,23-15+,26-16-,43-21+,47-23?,53-26?. The highest BCUT2D eigenvalue weighted by molar-refractivity contribution is 6.10. The third-order valence-corrected chi connectivity index (χ3v) is 11.3. The van der Waals surface area contributed by atoms with E-state index in [-0.39, 0.29) is 0 Å². The van der Waals surface area contributed by atoms with Crippen LogP contribution in [-0.4, -0.2) is 15.7 Å². The predicted octanol–water partition coefficient (Wildman–Crippen LogP) is 15.6. The molecule has 0 spiro atoms. The van der Waals surface area contributed by atoms with Gasteiger partial charge in [0.2, 0.25) is 0 Å². The van der Waals surface area contributed by atoms with E-state index in [1.807, 2.05) is 44.2 Å². The van der Waals surface area contributed by atoms with Crippen molar-refractivity contribution in [1.82, 2.24) is 9.13 Å². The molecule has 0 unspecified atom stereocenters. The summed E-state index contributed by atoms with van der Waals surface area (Å²) in [5.41, 5.74) is 13.5. The average molecular weight is 793 g/mol. The van der Waals surface area contributed by atoms with Gasteiger partial charge in [0, 0.05) is 49.6 Å². The highest BCUT2D eigenvalue weighted by Crippen LogP contribution is 2.42. The van der Waals surface area contributed by atoms with Crippen LogP contribution in [0, 0.1) is 6.92 Å². The molecule has 3 heterocycles. The number of aryl methyl sites for hydroxylation is 1. The van der Waals surface area contributed by atoms with E-state index in [9.17, 15) is 0 Å². The first-order chi connectivity index (χ1) is 30.0. The zero-order chi connectivity index (χ0) is 41.9. The summed E-state index contributed by atoms with van der Waals surface area (Å²) in [6.45, 7) is 15.6. The zero-order valence-electron chi connectivity index (χ0n) is 34.9. The predicted molar refractivity (Wildman–Crippen MR) is 261 cm³/mol. The average Bonchev–Trinajstić information content (AvgIpc) is 3.90. The molecule has 4 nitrogen and oxygen atoms in total. The van der Waals surface area contributed by atoms with Crippen LogP contribution in [0.25, 0.3) is 83.9 Å². The molecule has 61 heavy (non-hydrogen) atoms. The van der Waals surface area contributed by atoms with Gasteiger partial charge in [0.25, 0.3) is 0 Å². The minimum Gasteiger partial charge on any atom is -0.493 e. The molecule has 0 fully saturated rings. The fraction of sp³-hybridized carbons (Fsp3) is 0.0877. The highest BCUT2D eigenvalue weighted by atomic mass is 16.5. The molecule has 0 N–H and O–H groups in total. The van der Waals surface area contributed by atoms with Gasteiger partial charge >= 0.3 is 0 Å². The van der Waals surface area contributed by atoms with Crippen molar-refractivity contribution >= 4 is 67.1 Å². The van der Waals surface area contributed by atoms with E-state index in [1.165, 1.54) is 10.8 Å². The molecule has 0 saturated carbocycles. The van der Waals surface area contributed by atoms with E-state index in [4.69, 9.17) is 15.7 Å². The maximum Gasteiger partial charge on any atom is 0.135 e. The summed E-state index contributed by atoms with van der Waals surface area (Å²) in [7, 11) is 0. The Morgan fingerprint density at radius 1 is 0.705 bits per heavy atom. The van der Waals surface area contributed by atoms with Gasteiger partial charge in [0.1, 0.15) is 17.1 Å². The lowest BCUT2D eigenvalue weighted by atomic mass is 9.92. The maximum atomic E-state index is 6.48. The molecular weight excluding hydrogens is 745 g/mol. The molecule has 0 atom stereocenters. The lowest BCUT2D eigenvalue weighted by Crippen LogP contribution is -2.00. The topological polar surface area (TPSA) is 32.2 Å². The van der Waals surface area contributed by atoms with Gasteiger partial charge in [0.05, 0.1) is 28.9 Å². The van der Waals surface area contributed by atoms with Gasteiger partial charge in [0.15, 0.2) is 0 Å². The van der Waals surface area contributed by atoms with Crippen molar-refractivity contribution in [3.05, 3.63) is 217 Å². The molecule has 0 radical (unpaired) electrons. The van der Waals surface area contributed by atoms with Gasteiger partial charge in [-0.25, -0.2) is 0 Å². The monoisotopic (exact) mass is 792 g/mol. The Bertz CT molecular complexity index is 3180. The molecule has 8 aromatic rings. The van der Waals surface area contributed by atoms with E-state index in [2.05, 4.69) is 180 Å². The van der Waals surface area contributed by atoms with Crippen molar-refractivity contribution < 1.29 is 9.15 Å². The summed E-state index contributed by atoms with van der Waals surface area (Å²) in [4.78, 5) is 0. The molecule has 0 bridgehead atoms. The molecule has 0 aliphatic heterocycles. The summed E-state index contributed by atoms with van der Waals surface area (Å²) in [6.07, 6.45) is 29.9. The summed E-state index contributed by atoms with van der Waals surface area (Å²) < 4.78 is 17.6. The number of furan rings is 1. The van der Waals surface area contributed by atoms with Crippen molar-refractivity contribution in [2.45, 2.75) is 27.2 Å². The Balaban J connectivity index is 1.20. The Morgan fingerprint density at radius 2 is 1.38 bits per heavy atom. The first-order valence-electron chi connectivity index (χ1n) is 21.0. The summed E-state index contributed by atoms with van der Waals surface area (Å²) in [5.74, 6) is 1.61. The van der Waals surface area contributed by atoms with Gasteiger partial charge in [-0.1, -0.05) is 135 Å². The number of hydrogen-bond donors (Lipinski definition) is 0. The van der Waals surface area contributed by atoms with Gasteiger partial charge < -0.3 is 18.3 Å². The molecule has 0 amide bonds. The van der Waals surface area contributed by atoms with Gasteiger partial charge in [-0.05, 0) is 110 Å². The molecule has 298 valence electrons. The fourth-order valence-corrected chi connectivity index (χ4v) is 8.65. The largest absolute Gasteiger partial charge is 0.493 e. The Labute approximate surface area is 357 Å². The van der Waals surface area contributed by atoms with Crippen molar-refractivity contribution in [2.75, 3.05) is 6.61 Å². The van der Waals surface area contributed by atoms with E-state index in [0.29, 0.717) is 6.61 Å². The van der Waals surface area contributed by atoms with Crippen molar-refractivity contribution in [3.8, 4) is 22.6 Å². The first-order valence-corrected chi connectivity index (χ1v) is 21.0. The fourth-order valence-electron chi connectivity index (χ4n) is 8.65. The molecule has 1 aliphatic carbocycles. The second kappa shape index (κ2) is 17.0. The highest BCUT2D eigenvalue weighted by Gasteiger charge is 2.22. The summed E-state index contributed by atoms with van der Waals surface area (Å²) in [6, 6.07) is 36.9. The van der Waals surface area contributed by atoms with Crippen LogP contribution in [0.3, 0.4) is 0 Å². The van der Waals surface area contributed by atoms with E-state index < -0.39 is 0 Å². The number of para-hydroxylation sites is 2. The minimum atomic E-state index is 0.598. The summed E-state index contributed by atoms with van der Waals surface area (Å²) in [5, 5.41) is 4.60. The molecule has 1 aliphatic rings. The van der Waals surface area contributed by atoms with Gasteiger partial charge in [-0.15, -0.1) is 0 Å². The van der Waals surface area contributed by atoms with Crippen LogP contribution in [0.1, 0.15) is 48.4 Å². The second-order valence-corrected chi connectivity index (χ2v) is 15.2. The first kappa shape index (κ1) is 38.9. The lowest BCUT2D eigenvalue weighted by molar-refractivity contribution is 0.316. The van der Waals surface area contributed by atoms with Gasteiger partial charge in [-0.2, -0.15) is 0 Å². The van der Waals surface area contributed by atoms with E-state index in [1.54, 1.807) is 0 Å².